The SMILES string of the molecule is Cc1ccc(N2CCC(C)C2)cc1Cl. The lowest BCUT2D eigenvalue weighted by Crippen LogP contribution is -2.18. The largest absolute Gasteiger partial charge is 0.371 e. The molecule has 1 heterocycles. The number of hydrogen-bond donors (Lipinski definition) is 0. The lowest BCUT2D eigenvalue weighted by Gasteiger charge is -2.18. The predicted molar refractivity (Wildman–Crippen MR) is 62.2 cm³/mol. The van der Waals surface area contributed by atoms with Crippen LogP contribution in [0.4, 0.5) is 5.69 Å². The van der Waals surface area contributed by atoms with E-state index in [0.717, 1.165) is 16.5 Å². The average Bonchev–Trinajstić information content (AvgIpc) is 2.57. The summed E-state index contributed by atoms with van der Waals surface area (Å²) in [6, 6.07) is 6.34. The highest BCUT2D eigenvalue weighted by atomic mass is 35.5. The van der Waals surface area contributed by atoms with Crippen molar-refractivity contribution in [2.24, 2.45) is 5.92 Å². The lowest BCUT2D eigenvalue weighted by atomic mass is 10.2. The van der Waals surface area contributed by atoms with Crippen molar-refractivity contribution in [1.82, 2.24) is 0 Å². The van der Waals surface area contributed by atoms with Crippen LogP contribution in [0.15, 0.2) is 18.2 Å². The van der Waals surface area contributed by atoms with Gasteiger partial charge < -0.3 is 4.90 Å². The zero-order chi connectivity index (χ0) is 10.1. The minimum atomic E-state index is 0.815. The van der Waals surface area contributed by atoms with E-state index in [-0.39, 0.29) is 0 Å². The first-order valence-electron chi connectivity index (χ1n) is 5.18. The van der Waals surface area contributed by atoms with Crippen molar-refractivity contribution in [3.05, 3.63) is 28.8 Å². The molecule has 1 fully saturated rings. The van der Waals surface area contributed by atoms with Crippen LogP contribution in [0.25, 0.3) is 0 Å². The number of anilines is 1. The summed E-state index contributed by atoms with van der Waals surface area (Å²) in [4.78, 5) is 2.41. The van der Waals surface area contributed by atoms with Gasteiger partial charge in [-0.05, 0) is 37.0 Å². The Labute approximate surface area is 90.7 Å². The monoisotopic (exact) mass is 209 g/mol. The molecule has 0 N–H and O–H groups in total. The minimum Gasteiger partial charge on any atom is -0.371 e. The summed E-state index contributed by atoms with van der Waals surface area (Å²) in [7, 11) is 0. The fraction of sp³-hybridized carbons (Fsp3) is 0.500. The van der Waals surface area contributed by atoms with Gasteiger partial charge in [-0.25, -0.2) is 0 Å². The maximum absolute atomic E-state index is 6.10. The third-order valence-corrected chi connectivity index (χ3v) is 3.35. The third kappa shape index (κ3) is 1.88. The number of rotatable bonds is 1. The Bertz CT molecular complexity index is 335. The number of hydrogen-bond acceptors (Lipinski definition) is 1. The molecule has 0 saturated carbocycles. The number of aryl methyl sites for hydroxylation is 1. The molecule has 2 rings (SSSR count). The summed E-state index contributed by atoms with van der Waals surface area (Å²) in [6.45, 7) is 6.68. The van der Waals surface area contributed by atoms with Gasteiger partial charge in [0.15, 0.2) is 0 Å². The van der Waals surface area contributed by atoms with E-state index in [1.165, 1.54) is 25.2 Å². The van der Waals surface area contributed by atoms with Crippen LogP contribution < -0.4 is 4.90 Å². The van der Waals surface area contributed by atoms with Gasteiger partial charge in [0.25, 0.3) is 0 Å². The third-order valence-electron chi connectivity index (χ3n) is 2.94. The van der Waals surface area contributed by atoms with Gasteiger partial charge in [0.2, 0.25) is 0 Å². The molecule has 0 amide bonds. The maximum Gasteiger partial charge on any atom is 0.0455 e. The normalized spacial score (nSPS) is 21.6. The van der Waals surface area contributed by atoms with Crippen molar-refractivity contribution >= 4 is 17.3 Å². The molecule has 1 aromatic carbocycles. The van der Waals surface area contributed by atoms with E-state index in [9.17, 15) is 0 Å². The van der Waals surface area contributed by atoms with Crippen molar-refractivity contribution in [2.45, 2.75) is 20.3 Å². The first-order valence-corrected chi connectivity index (χ1v) is 5.55. The summed E-state index contributed by atoms with van der Waals surface area (Å²) in [6.07, 6.45) is 1.30. The molecule has 0 aromatic heterocycles. The Morgan fingerprint density at radius 3 is 2.79 bits per heavy atom. The fourth-order valence-corrected chi connectivity index (χ4v) is 2.12. The number of benzene rings is 1. The smallest absolute Gasteiger partial charge is 0.0455 e. The summed E-state index contributed by atoms with van der Waals surface area (Å²) in [5, 5.41) is 0.877. The highest BCUT2D eigenvalue weighted by Crippen LogP contribution is 2.27. The second-order valence-corrected chi connectivity index (χ2v) is 4.68. The second-order valence-electron chi connectivity index (χ2n) is 4.27. The van der Waals surface area contributed by atoms with Crippen LogP contribution >= 0.6 is 11.6 Å². The Kier molecular flexibility index (Phi) is 2.69. The summed E-state index contributed by atoms with van der Waals surface area (Å²) in [5.41, 5.74) is 2.42. The molecule has 0 radical (unpaired) electrons. The molecule has 1 unspecified atom stereocenters. The molecule has 14 heavy (non-hydrogen) atoms. The van der Waals surface area contributed by atoms with E-state index in [1.807, 2.05) is 6.92 Å². The Morgan fingerprint density at radius 1 is 1.43 bits per heavy atom. The van der Waals surface area contributed by atoms with Crippen LogP contribution in [0.3, 0.4) is 0 Å². The van der Waals surface area contributed by atoms with Crippen LogP contribution in [0.1, 0.15) is 18.9 Å². The molecule has 1 atom stereocenters. The standard InChI is InChI=1S/C12H16ClN/c1-9-5-6-14(8-9)11-4-3-10(2)12(13)7-11/h3-4,7,9H,5-6,8H2,1-2H3. The highest BCUT2D eigenvalue weighted by Gasteiger charge is 2.18. The van der Waals surface area contributed by atoms with Crippen LogP contribution in [0.2, 0.25) is 5.02 Å². The lowest BCUT2D eigenvalue weighted by molar-refractivity contribution is 0.659. The van der Waals surface area contributed by atoms with Crippen molar-refractivity contribution < 1.29 is 0 Å². The second kappa shape index (κ2) is 3.82. The van der Waals surface area contributed by atoms with Crippen LogP contribution in [0.5, 0.6) is 0 Å². The van der Waals surface area contributed by atoms with Gasteiger partial charge >= 0.3 is 0 Å². The van der Waals surface area contributed by atoms with Crippen LogP contribution in [-0.4, -0.2) is 13.1 Å². The first kappa shape index (κ1) is 9.85. The minimum absolute atomic E-state index is 0.815. The summed E-state index contributed by atoms with van der Waals surface area (Å²) in [5.74, 6) is 0.815. The molecular formula is C12H16ClN. The topological polar surface area (TPSA) is 3.24 Å². The first-order chi connectivity index (χ1) is 6.66. The molecule has 0 aliphatic carbocycles. The Hall–Kier alpha value is -0.690. The van der Waals surface area contributed by atoms with Gasteiger partial charge in [0.05, 0.1) is 0 Å². The molecular weight excluding hydrogens is 194 g/mol. The van der Waals surface area contributed by atoms with Crippen molar-refractivity contribution in [3.63, 3.8) is 0 Å². The molecule has 1 aromatic rings. The number of nitrogens with zero attached hydrogens (tertiary/aromatic N) is 1. The summed E-state index contributed by atoms with van der Waals surface area (Å²) >= 11 is 6.10. The zero-order valence-corrected chi connectivity index (χ0v) is 9.51. The van der Waals surface area contributed by atoms with Gasteiger partial charge in [0.1, 0.15) is 0 Å². The van der Waals surface area contributed by atoms with E-state index in [2.05, 4.69) is 30.0 Å². The highest BCUT2D eigenvalue weighted by molar-refractivity contribution is 6.31. The van der Waals surface area contributed by atoms with Gasteiger partial charge in [-0.2, -0.15) is 0 Å². The Morgan fingerprint density at radius 2 is 2.21 bits per heavy atom. The van der Waals surface area contributed by atoms with E-state index in [1.54, 1.807) is 0 Å². The van der Waals surface area contributed by atoms with Gasteiger partial charge in [0, 0.05) is 23.8 Å². The van der Waals surface area contributed by atoms with Crippen molar-refractivity contribution in [2.75, 3.05) is 18.0 Å². The Balaban J connectivity index is 2.20. The van der Waals surface area contributed by atoms with E-state index < -0.39 is 0 Å². The van der Waals surface area contributed by atoms with Gasteiger partial charge in [-0.15, -0.1) is 0 Å². The van der Waals surface area contributed by atoms with Gasteiger partial charge in [-0.3, -0.25) is 0 Å². The van der Waals surface area contributed by atoms with Crippen molar-refractivity contribution in [1.29, 1.82) is 0 Å². The quantitative estimate of drug-likeness (QED) is 0.685. The van der Waals surface area contributed by atoms with Crippen molar-refractivity contribution in [3.8, 4) is 0 Å². The molecule has 1 nitrogen and oxygen atoms in total. The average molecular weight is 210 g/mol. The molecule has 76 valence electrons. The van der Waals surface area contributed by atoms with E-state index >= 15 is 0 Å². The molecule has 1 aliphatic rings. The molecule has 0 spiro atoms. The molecule has 0 bridgehead atoms. The molecule has 2 heteroatoms. The molecule has 1 aliphatic heterocycles. The zero-order valence-electron chi connectivity index (χ0n) is 8.76. The number of halogens is 1. The van der Waals surface area contributed by atoms with Crippen LogP contribution in [0, 0.1) is 12.8 Å². The van der Waals surface area contributed by atoms with E-state index in [4.69, 9.17) is 11.6 Å². The summed E-state index contributed by atoms with van der Waals surface area (Å²) < 4.78 is 0. The fourth-order valence-electron chi connectivity index (χ4n) is 1.95. The predicted octanol–water partition coefficient (Wildman–Crippen LogP) is 3.49. The maximum atomic E-state index is 6.10. The van der Waals surface area contributed by atoms with Crippen LogP contribution in [-0.2, 0) is 0 Å². The van der Waals surface area contributed by atoms with Gasteiger partial charge in [-0.1, -0.05) is 24.6 Å². The van der Waals surface area contributed by atoms with E-state index in [0.29, 0.717) is 0 Å². The molecule has 1 saturated heterocycles.